The van der Waals surface area contributed by atoms with Crippen molar-refractivity contribution in [3.63, 3.8) is 0 Å². The summed E-state index contributed by atoms with van der Waals surface area (Å²) >= 11 is 0. The lowest BCUT2D eigenvalue weighted by molar-refractivity contribution is 0.399. The van der Waals surface area contributed by atoms with Gasteiger partial charge in [0.1, 0.15) is 5.82 Å². The Morgan fingerprint density at radius 1 is 1.44 bits per heavy atom. The molecule has 0 bridgehead atoms. The van der Waals surface area contributed by atoms with Crippen LogP contribution in [0.1, 0.15) is 5.56 Å². The summed E-state index contributed by atoms with van der Waals surface area (Å²) in [5.74, 6) is 0.0666. The van der Waals surface area contributed by atoms with Gasteiger partial charge in [0.25, 0.3) is 0 Å². The standard InChI is InChI=1S/C11H12FN3O/c1-16-10-3-2-9-11(15-10)7(4-5-13)8(12)6-14-9/h2-3,6H,4-5,13H2,1H3. The Bertz CT molecular complexity index is 516. The highest BCUT2D eigenvalue weighted by Gasteiger charge is 2.10. The first-order chi connectivity index (χ1) is 7.76. The van der Waals surface area contributed by atoms with Crippen molar-refractivity contribution < 1.29 is 9.13 Å². The van der Waals surface area contributed by atoms with Crippen molar-refractivity contribution in [2.75, 3.05) is 13.7 Å². The van der Waals surface area contributed by atoms with Gasteiger partial charge in [-0.1, -0.05) is 0 Å². The summed E-state index contributed by atoms with van der Waals surface area (Å²) in [5, 5.41) is 0. The summed E-state index contributed by atoms with van der Waals surface area (Å²) < 4.78 is 18.5. The number of nitrogens with two attached hydrogens (primary N) is 1. The predicted molar refractivity (Wildman–Crippen MR) is 58.8 cm³/mol. The molecule has 0 amide bonds. The van der Waals surface area contributed by atoms with E-state index >= 15 is 0 Å². The monoisotopic (exact) mass is 221 g/mol. The van der Waals surface area contributed by atoms with Gasteiger partial charge < -0.3 is 10.5 Å². The minimum Gasteiger partial charge on any atom is -0.481 e. The van der Waals surface area contributed by atoms with Crippen molar-refractivity contribution in [3.8, 4) is 5.88 Å². The molecule has 0 fully saturated rings. The van der Waals surface area contributed by atoms with E-state index in [1.807, 2.05) is 0 Å². The highest BCUT2D eigenvalue weighted by Crippen LogP contribution is 2.20. The smallest absolute Gasteiger partial charge is 0.213 e. The lowest BCUT2D eigenvalue weighted by Gasteiger charge is -2.06. The number of ether oxygens (including phenoxy) is 1. The van der Waals surface area contributed by atoms with E-state index in [4.69, 9.17) is 10.5 Å². The molecule has 4 nitrogen and oxygen atoms in total. The number of halogens is 1. The Labute approximate surface area is 92.3 Å². The number of rotatable bonds is 3. The number of aromatic nitrogens is 2. The van der Waals surface area contributed by atoms with Gasteiger partial charge >= 0.3 is 0 Å². The molecule has 2 aromatic rings. The average Bonchev–Trinajstić information content (AvgIpc) is 2.32. The average molecular weight is 221 g/mol. The number of hydrogen-bond donors (Lipinski definition) is 1. The first-order valence-electron chi connectivity index (χ1n) is 4.94. The normalized spacial score (nSPS) is 10.7. The van der Waals surface area contributed by atoms with Crippen LogP contribution in [0.4, 0.5) is 4.39 Å². The fourth-order valence-corrected chi connectivity index (χ4v) is 1.57. The molecule has 0 aliphatic heterocycles. The van der Waals surface area contributed by atoms with Gasteiger partial charge in [0, 0.05) is 11.6 Å². The van der Waals surface area contributed by atoms with Crippen LogP contribution in [0.25, 0.3) is 11.0 Å². The second-order valence-electron chi connectivity index (χ2n) is 3.34. The molecule has 2 aromatic heterocycles. The first-order valence-corrected chi connectivity index (χ1v) is 4.94. The third kappa shape index (κ3) is 1.81. The van der Waals surface area contributed by atoms with Gasteiger partial charge in [-0.15, -0.1) is 0 Å². The van der Waals surface area contributed by atoms with Crippen LogP contribution >= 0.6 is 0 Å². The Balaban J connectivity index is 2.67. The lowest BCUT2D eigenvalue weighted by Crippen LogP contribution is -2.06. The van der Waals surface area contributed by atoms with E-state index in [2.05, 4.69) is 9.97 Å². The Morgan fingerprint density at radius 2 is 2.25 bits per heavy atom. The fraction of sp³-hybridized carbons (Fsp3) is 0.273. The van der Waals surface area contributed by atoms with Crippen molar-refractivity contribution in [1.29, 1.82) is 0 Å². The molecule has 2 rings (SSSR count). The molecule has 2 N–H and O–H groups in total. The van der Waals surface area contributed by atoms with Crippen LogP contribution in [0, 0.1) is 5.82 Å². The number of methoxy groups -OCH3 is 1. The molecule has 0 aliphatic carbocycles. The zero-order valence-electron chi connectivity index (χ0n) is 8.90. The maximum Gasteiger partial charge on any atom is 0.213 e. The zero-order chi connectivity index (χ0) is 11.5. The third-order valence-electron chi connectivity index (χ3n) is 2.34. The lowest BCUT2D eigenvalue weighted by atomic mass is 10.1. The van der Waals surface area contributed by atoms with Gasteiger partial charge in [-0.25, -0.2) is 9.37 Å². The summed E-state index contributed by atoms with van der Waals surface area (Å²) in [6, 6.07) is 3.44. The molecule has 0 radical (unpaired) electrons. The molecular weight excluding hydrogens is 209 g/mol. The Hall–Kier alpha value is -1.75. The van der Waals surface area contributed by atoms with Crippen molar-refractivity contribution >= 4 is 11.0 Å². The Kier molecular flexibility index (Phi) is 2.96. The molecule has 0 unspecified atom stereocenters. The van der Waals surface area contributed by atoms with Crippen molar-refractivity contribution in [2.45, 2.75) is 6.42 Å². The maximum atomic E-state index is 13.5. The van der Waals surface area contributed by atoms with Crippen LogP contribution in [0.3, 0.4) is 0 Å². The summed E-state index contributed by atoms with van der Waals surface area (Å²) in [4.78, 5) is 8.16. The zero-order valence-corrected chi connectivity index (χ0v) is 8.90. The molecule has 0 aliphatic rings. The van der Waals surface area contributed by atoms with E-state index < -0.39 is 0 Å². The van der Waals surface area contributed by atoms with Crippen LogP contribution in [0.15, 0.2) is 18.3 Å². The van der Waals surface area contributed by atoms with E-state index in [-0.39, 0.29) is 5.82 Å². The van der Waals surface area contributed by atoms with Gasteiger partial charge in [0.05, 0.1) is 24.3 Å². The quantitative estimate of drug-likeness (QED) is 0.848. The molecule has 0 saturated carbocycles. The van der Waals surface area contributed by atoms with E-state index in [0.717, 1.165) is 0 Å². The minimum atomic E-state index is -0.376. The predicted octanol–water partition coefficient (Wildman–Crippen LogP) is 1.28. The van der Waals surface area contributed by atoms with Gasteiger partial charge in [0.2, 0.25) is 5.88 Å². The van der Waals surface area contributed by atoms with Crippen LogP contribution in [-0.2, 0) is 6.42 Å². The van der Waals surface area contributed by atoms with Crippen LogP contribution in [-0.4, -0.2) is 23.6 Å². The van der Waals surface area contributed by atoms with Crippen molar-refractivity contribution in [1.82, 2.24) is 9.97 Å². The number of fused-ring (bicyclic) bond motifs is 1. The fourth-order valence-electron chi connectivity index (χ4n) is 1.57. The first kappa shape index (κ1) is 10.8. The molecule has 84 valence electrons. The summed E-state index contributed by atoms with van der Waals surface area (Å²) in [7, 11) is 1.52. The highest BCUT2D eigenvalue weighted by molar-refractivity contribution is 5.78. The van der Waals surface area contributed by atoms with Gasteiger partial charge in [0.15, 0.2) is 0 Å². The SMILES string of the molecule is COc1ccc2ncc(F)c(CCN)c2n1. The molecular formula is C11H12FN3O. The van der Waals surface area contributed by atoms with Crippen molar-refractivity contribution in [2.24, 2.45) is 5.73 Å². The number of pyridine rings is 2. The molecule has 0 atom stereocenters. The third-order valence-corrected chi connectivity index (χ3v) is 2.34. The summed E-state index contributed by atoms with van der Waals surface area (Å²) in [6.07, 6.45) is 1.63. The maximum absolute atomic E-state index is 13.5. The second-order valence-corrected chi connectivity index (χ2v) is 3.34. The van der Waals surface area contributed by atoms with E-state index in [0.29, 0.717) is 35.4 Å². The molecule has 0 aromatic carbocycles. The van der Waals surface area contributed by atoms with E-state index in [1.54, 1.807) is 12.1 Å². The largest absolute Gasteiger partial charge is 0.481 e. The second kappa shape index (κ2) is 4.40. The number of nitrogens with zero attached hydrogens (tertiary/aromatic N) is 2. The van der Waals surface area contributed by atoms with Gasteiger partial charge in [-0.05, 0) is 19.0 Å². The summed E-state index contributed by atoms with van der Waals surface area (Å²) in [6.45, 7) is 0.370. The Morgan fingerprint density at radius 3 is 2.94 bits per heavy atom. The molecule has 16 heavy (non-hydrogen) atoms. The van der Waals surface area contributed by atoms with Gasteiger partial charge in [-0.2, -0.15) is 0 Å². The highest BCUT2D eigenvalue weighted by atomic mass is 19.1. The van der Waals surface area contributed by atoms with Crippen LogP contribution in [0.2, 0.25) is 0 Å². The van der Waals surface area contributed by atoms with Crippen LogP contribution < -0.4 is 10.5 Å². The molecule has 0 saturated heterocycles. The molecule has 0 spiro atoms. The van der Waals surface area contributed by atoms with Crippen LogP contribution in [0.5, 0.6) is 5.88 Å². The summed E-state index contributed by atoms with van der Waals surface area (Å²) in [5.41, 5.74) is 7.10. The molecule has 5 heteroatoms. The van der Waals surface area contributed by atoms with Gasteiger partial charge in [-0.3, -0.25) is 4.98 Å². The molecule has 2 heterocycles. The number of hydrogen-bond acceptors (Lipinski definition) is 4. The van der Waals surface area contributed by atoms with E-state index in [9.17, 15) is 4.39 Å². The van der Waals surface area contributed by atoms with Crippen molar-refractivity contribution in [3.05, 3.63) is 29.7 Å². The topological polar surface area (TPSA) is 61.0 Å². The van der Waals surface area contributed by atoms with E-state index in [1.165, 1.54) is 13.3 Å². The minimum absolute atomic E-state index is 0.370.